The van der Waals surface area contributed by atoms with Crippen molar-refractivity contribution in [3.05, 3.63) is 65.7 Å². The summed E-state index contributed by atoms with van der Waals surface area (Å²) in [6, 6.07) is 16.0. The van der Waals surface area contributed by atoms with Crippen LogP contribution in [-0.2, 0) is 16.2 Å². The highest BCUT2D eigenvalue weighted by Crippen LogP contribution is 2.24. The maximum Gasteiger partial charge on any atom is 0.173 e. The third-order valence-corrected chi connectivity index (χ3v) is 3.82. The molecule has 0 fully saturated rings. The summed E-state index contributed by atoms with van der Waals surface area (Å²) in [6.07, 6.45) is 0. The average Bonchev–Trinajstić information content (AvgIpc) is 2.48. The fraction of sp³-hybridized carbons (Fsp3) is 0.0625. The minimum atomic E-state index is -1.54. The number of hydrogen-bond acceptors (Lipinski definition) is 4. The van der Waals surface area contributed by atoms with Gasteiger partial charge in [0.1, 0.15) is 0 Å². The molecule has 108 valence electrons. The van der Waals surface area contributed by atoms with Crippen molar-refractivity contribution in [1.82, 2.24) is 0 Å². The zero-order valence-corrected chi connectivity index (χ0v) is 12.4. The van der Waals surface area contributed by atoms with Crippen LogP contribution in [0.1, 0.15) is 18.1 Å². The predicted molar refractivity (Wildman–Crippen MR) is 85.2 cm³/mol. The topological polar surface area (TPSA) is 92.2 Å². The highest BCUT2D eigenvalue weighted by molar-refractivity contribution is 7.89. The van der Waals surface area contributed by atoms with Crippen LogP contribution in [0.5, 0.6) is 0 Å². The van der Waals surface area contributed by atoms with Crippen molar-refractivity contribution in [1.29, 1.82) is 0 Å². The van der Waals surface area contributed by atoms with E-state index in [9.17, 15) is 9.35 Å². The second-order valence-electron chi connectivity index (χ2n) is 4.53. The molecule has 0 aromatic heterocycles. The predicted octanol–water partition coefficient (Wildman–Crippen LogP) is 2.08. The van der Waals surface area contributed by atoms with E-state index in [0.717, 1.165) is 5.56 Å². The minimum absolute atomic E-state index is 0.127. The standard InChI is InChI=1S/C16H16N2O2S/c1-11(19)15(16(17)13-5-3-2-4-6-13)12-7-9-14(10-8-12)21(18)20/h2-10H,17-18H2,1H3. The molecule has 0 saturated carbocycles. The van der Waals surface area contributed by atoms with Crippen LogP contribution in [0.4, 0.5) is 0 Å². The summed E-state index contributed by atoms with van der Waals surface area (Å²) in [4.78, 5) is 12.5. The molecular weight excluding hydrogens is 284 g/mol. The Morgan fingerprint density at radius 1 is 1.00 bits per heavy atom. The van der Waals surface area contributed by atoms with Crippen molar-refractivity contribution >= 4 is 28.4 Å². The average molecular weight is 300 g/mol. The van der Waals surface area contributed by atoms with Crippen LogP contribution in [0.25, 0.3) is 11.3 Å². The number of allylic oxidation sites excluding steroid dienone is 1. The lowest BCUT2D eigenvalue weighted by Gasteiger charge is -2.11. The van der Waals surface area contributed by atoms with Gasteiger partial charge < -0.3 is 10.3 Å². The van der Waals surface area contributed by atoms with Crippen LogP contribution in [-0.4, -0.2) is 10.3 Å². The largest absolute Gasteiger partial charge is 0.593 e. The van der Waals surface area contributed by atoms with Gasteiger partial charge in [-0.2, -0.15) is 0 Å². The van der Waals surface area contributed by atoms with Crippen molar-refractivity contribution in [2.24, 2.45) is 10.9 Å². The number of rotatable bonds is 4. The van der Waals surface area contributed by atoms with E-state index in [-0.39, 0.29) is 5.78 Å². The van der Waals surface area contributed by atoms with Crippen LogP contribution in [0.15, 0.2) is 59.5 Å². The Balaban J connectivity index is 2.51. The molecule has 4 nitrogen and oxygen atoms in total. The molecule has 0 saturated heterocycles. The number of hydrogen-bond donors (Lipinski definition) is 2. The Bertz CT molecular complexity index is 664. The monoisotopic (exact) mass is 300 g/mol. The maximum atomic E-state index is 12.0. The summed E-state index contributed by atoms with van der Waals surface area (Å²) in [5.41, 5.74) is 8.47. The minimum Gasteiger partial charge on any atom is -0.593 e. The summed E-state index contributed by atoms with van der Waals surface area (Å²) in [5.74, 6) is -0.127. The lowest BCUT2D eigenvalue weighted by Crippen LogP contribution is -2.12. The van der Waals surface area contributed by atoms with Crippen LogP contribution in [0.2, 0.25) is 0 Å². The number of carbonyl (C=O) groups excluding carboxylic acids is 1. The second kappa shape index (κ2) is 6.58. The number of nitrogens with two attached hydrogens (primary N) is 2. The lowest BCUT2D eigenvalue weighted by atomic mass is 9.97. The fourth-order valence-electron chi connectivity index (χ4n) is 2.07. The summed E-state index contributed by atoms with van der Waals surface area (Å²) in [7, 11) is 0. The van der Waals surface area contributed by atoms with Gasteiger partial charge in [-0.1, -0.05) is 30.3 Å². The van der Waals surface area contributed by atoms with Gasteiger partial charge in [-0.3, -0.25) is 4.79 Å². The van der Waals surface area contributed by atoms with E-state index < -0.39 is 11.4 Å². The van der Waals surface area contributed by atoms with Gasteiger partial charge in [-0.25, -0.2) is 0 Å². The van der Waals surface area contributed by atoms with Gasteiger partial charge in [0.05, 0.1) is 17.1 Å². The quantitative estimate of drug-likeness (QED) is 0.513. The number of benzene rings is 2. The first-order valence-electron chi connectivity index (χ1n) is 6.33. The van der Waals surface area contributed by atoms with Gasteiger partial charge in [-0.05, 0) is 42.3 Å². The Kier molecular flexibility index (Phi) is 4.80. The maximum absolute atomic E-state index is 12.0. The smallest absolute Gasteiger partial charge is 0.173 e. The molecule has 5 heteroatoms. The van der Waals surface area contributed by atoms with E-state index in [4.69, 9.17) is 10.9 Å². The third kappa shape index (κ3) is 3.52. The van der Waals surface area contributed by atoms with Crippen molar-refractivity contribution in [3.8, 4) is 0 Å². The zero-order chi connectivity index (χ0) is 15.4. The van der Waals surface area contributed by atoms with Gasteiger partial charge >= 0.3 is 0 Å². The molecule has 1 atom stereocenters. The fourth-order valence-corrected chi connectivity index (χ4v) is 2.47. The molecule has 0 spiro atoms. The third-order valence-electron chi connectivity index (χ3n) is 3.08. The van der Waals surface area contributed by atoms with E-state index in [1.165, 1.54) is 6.92 Å². The molecule has 0 aliphatic heterocycles. The molecule has 0 heterocycles. The number of Topliss-reactive ketones (excluding diaryl/α,β-unsaturated/α-hetero) is 1. The Hall–Kier alpha value is -2.08. The van der Waals surface area contributed by atoms with Gasteiger partial charge in [0.25, 0.3) is 0 Å². The SMILES string of the molecule is CC(=O)C(=C(N)c1ccccc1)c1ccc([S+](N)[O-])cc1. The zero-order valence-electron chi connectivity index (χ0n) is 11.6. The molecule has 2 aromatic rings. The van der Waals surface area contributed by atoms with Crippen LogP contribution in [0.3, 0.4) is 0 Å². The molecule has 4 N–H and O–H groups in total. The van der Waals surface area contributed by atoms with Crippen molar-refractivity contribution < 1.29 is 9.35 Å². The van der Waals surface area contributed by atoms with Crippen molar-refractivity contribution in [2.45, 2.75) is 11.8 Å². The first-order valence-corrected chi connectivity index (χ1v) is 7.54. The van der Waals surface area contributed by atoms with Gasteiger partial charge in [0.2, 0.25) is 0 Å². The first-order chi connectivity index (χ1) is 10.0. The first kappa shape index (κ1) is 15.3. The summed E-state index contributed by atoms with van der Waals surface area (Å²) in [5, 5.41) is 5.32. The van der Waals surface area contributed by atoms with E-state index in [1.807, 2.05) is 30.3 Å². The van der Waals surface area contributed by atoms with Crippen molar-refractivity contribution in [3.63, 3.8) is 0 Å². The molecule has 0 bridgehead atoms. The van der Waals surface area contributed by atoms with E-state index in [0.29, 0.717) is 21.7 Å². The molecule has 0 aliphatic carbocycles. The van der Waals surface area contributed by atoms with Gasteiger partial charge in [-0.15, -0.1) is 5.14 Å². The molecule has 2 aromatic carbocycles. The van der Waals surface area contributed by atoms with Crippen LogP contribution in [0, 0.1) is 0 Å². The number of ketones is 1. The Labute approximate surface area is 126 Å². The molecular formula is C16H16N2O2S. The van der Waals surface area contributed by atoms with Crippen molar-refractivity contribution in [2.75, 3.05) is 0 Å². The van der Waals surface area contributed by atoms with Crippen LogP contribution >= 0.6 is 0 Å². The second-order valence-corrected chi connectivity index (χ2v) is 5.60. The Morgan fingerprint density at radius 2 is 1.57 bits per heavy atom. The summed E-state index contributed by atoms with van der Waals surface area (Å²) < 4.78 is 11.2. The van der Waals surface area contributed by atoms with Crippen LogP contribution < -0.4 is 10.9 Å². The lowest BCUT2D eigenvalue weighted by molar-refractivity contribution is -0.111. The van der Waals surface area contributed by atoms with E-state index in [1.54, 1.807) is 24.3 Å². The molecule has 0 radical (unpaired) electrons. The summed E-state index contributed by atoms with van der Waals surface area (Å²) in [6.45, 7) is 1.47. The molecule has 2 rings (SSSR count). The Morgan fingerprint density at radius 3 is 2.05 bits per heavy atom. The molecule has 0 amide bonds. The van der Waals surface area contributed by atoms with E-state index in [2.05, 4.69) is 0 Å². The summed E-state index contributed by atoms with van der Waals surface area (Å²) >= 11 is -1.54. The van der Waals surface area contributed by atoms with Gasteiger partial charge in [0, 0.05) is 5.57 Å². The molecule has 21 heavy (non-hydrogen) atoms. The molecule has 0 aliphatic rings. The normalized spacial score (nSPS) is 13.5. The van der Waals surface area contributed by atoms with E-state index >= 15 is 0 Å². The van der Waals surface area contributed by atoms with Gasteiger partial charge in [0.15, 0.2) is 10.7 Å². The highest BCUT2D eigenvalue weighted by atomic mass is 32.2. The highest BCUT2D eigenvalue weighted by Gasteiger charge is 2.14. The molecule has 1 unspecified atom stereocenters. The number of carbonyl (C=O) groups is 1.